The van der Waals surface area contributed by atoms with Gasteiger partial charge in [-0.2, -0.15) is 0 Å². The summed E-state index contributed by atoms with van der Waals surface area (Å²) in [6.07, 6.45) is 5.56. The van der Waals surface area contributed by atoms with Gasteiger partial charge in [-0.1, -0.05) is 12.1 Å². The van der Waals surface area contributed by atoms with E-state index in [1.54, 1.807) is 17.5 Å². The fourth-order valence-electron chi connectivity index (χ4n) is 2.28. The lowest BCUT2D eigenvalue weighted by Gasteiger charge is -2.23. The number of anilines is 1. The van der Waals surface area contributed by atoms with Gasteiger partial charge in [-0.3, -0.25) is 4.98 Å². The molecular weight excluding hydrogens is 280 g/mol. The predicted octanol–water partition coefficient (Wildman–Crippen LogP) is 3.59. The summed E-state index contributed by atoms with van der Waals surface area (Å²) in [5.74, 6) is 1.75. The number of nitrogens with zero attached hydrogens (tertiary/aromatic N) is 4. The summed E-state index contributed by atoms with van der Waals surface area (Å²) in [7, 11) is 0. The molecule has 0 aromatic carbocycles. The van der Waals surface area contributed by atoms with Crippen LogP contribution in [0, 0.1) is 6.92 Å². The summed E-state index contributed by atoms with van der Waals surface area (Å²) < 4.78 is 0. The molecule has 0 fully saturated rings. The molecule has 106 valence electrons. The molecule has 4 nitrogen and oxygen atoms in total. The minimum Gasteiger partial charge on any atom is -0.348 e. The number of fused-ring (bicyclic) bond motifs is 1. The molecule has 0 amide bonds. The van der Waals surface area contributed by atoms with Gasteiger partial charge in [-0.15, -0.1) is 17.9 Å². The van der Waals surface area contributed by atoms with Crippen molar-refractivity contribution in [2.45, 2.75) is 13.5 Å². The Bertz CT molecular complexity index is 751. The summed E-state index contributed by atoms with van der Waals surface area (Å²) in [6.45, 7) is 7.27. The zero-order valence-corrected chi connectivity index (χ0v) is 12.7. The summed E-state index contributed by atoms with van der Waals surface area (Å²) in [5.41, 5.74) is 1.15. The lowest BCUT2D eigenvalue weighted by Crippen LogP contribution is -2.24. The van der Waals surface area contributed by atoms with Crippen molar-refractivity contribution < 1.29 is 0 Å². The first-order valence-electron chi connectivity index (χ1n) is 6.74. The van der Waals surface area contributed by atoms with E-state index in [1.165, 1.54) is 0 Å². The highest BCUT2D eigenvalue weighted by molar-refractivity contribution is 7.16. The smallest absolute Gasteiger partial charge is 0.141 e. The molecule has 0 unspecified atom stereocenters. The van der Waals surface area contributed by atoms with Crippen LogP contribution in [0.3, 0.4) is 0 Å². The second-order valence-electron chi connectivity index (χ2n) is 4.76. The normalized spacial score (nSPS) is 10.7. The largest absolute Gasteiger partial charge is 0.348 e. The van der Waals surface area contributed by atoms with E-state index in [-0.39, 0.29) is 0 Å². The highest BCUT2D eigenvalue weighted by Gasteiger charge is 2.14. The zero-order chi connectivity index (χ0) is 14.7. The van der Waals surface area contributed by atoms with Gasteiger partial charge in [0.25, 0.3) is 0 Å². The van der Waals surface area contributed by atoms with E-state index >= 15 is 0 Å². The fourth-order valence-corrected chi connectivity index (χ4v) is 3.08. The lowest BCUT2D eigenvalue weighted by atomic mass is 10.2. The highest BCUT2D eigenvalue weighted by atomic mass is 32.1. The topological polar surface area (TPSA) is 41.9 Å². The minimum atomic E-state index is 0.732. The SMILES string of the molecule is C=CCN(Cc1cccnc1)c1nc(C)nc2sccc12. The van der Waals surface area contributed by atoms with Crippen LogP contribution in [0.2, 0.25) is 0 Å². The monoisotopic (exact) mass is 296 g/mol. The molecule has 0 N–H and O–H groups in total. The average molecular weight is 296 g/mol. The molecule has 0 aliphatic heterocycles. The number of aromatic nitrogens is 3. The third kappa shape index (κ3) is 2.92. The van der Waals surface area contributed by atoms with Crippen LogP contribution in [0.1, 0.15) is 11.4 Å². The molecule has 0 aliphatic carbocycles. The van der Waals surface area contributed by atoms with Crippen molar-refractivity contribution in [2.75, 3.05) is 11.4 Å². The van der Waals surface area contributed by atoms with Gasteiger partial charge >= 0.3 is 0 Å². The Balaban J connectivity index is 2.02. The molecule has 0 saturated heterocycles. The third-order valence-electron chi connectivity index (χ3n) is 3.16. The standard InChI is InChI=1S/C16H16N4S/c1-3-8-20(11-13-5-4-7-17-10-13)15-14-6-9-21-16(14)19-12(2)18-15/h3-7,9-10H,1,8,11H2,2H3. The fraction of sp³-hybridized carbons (Fsp3) is 0.188. The van der Waals surface area contributed by atoms with E-state index in [0.717, 1.165) is 40.5 Å². The molecule has 0 atom stereocenters. The Hall–Kier alpha value is -2.27. The van der Waals surface area contributed by atoms with Crippen molar-refractivity contribution in [3.05, 3.63) is 60.0 Å². The van der Waals surface area contributed by atoms with Crippen LogP contribution in [0.15, 0.2) is 48.6 Å². The van der Waals surface area contributed by atoms with Gasteiger partial charge in [0.2, 0.25) is 0 Å². The Morgan fingerprint density at radius 1 is 1.33 bits per heavy atom. The first-order valence-corrected chi connectivity index (χ1v) is 7.62. The first kappa shape index (κ1) is 13.7. The number of thiophene rings is 1. The van der Waals surface area contributed by atoms with Crippen LogP contribution in [0.5, 0.6) is 0 Å². The summed E-state index contributed by atoms with van der Waals surface area (Å²) in [6, 6.07) is 6.10. The Morgan fingerprint density at radius 2 is 2.24 bits per heavy atom. The van der Waals surface area contributed by atoms with E-state index in [0.29, 0.717) is 0 Å². The van der Waals surface area contributed by atoms with Gasteiger partial charge in [-0.25, -0.2) is 9.97 Å². The molecule has 0 bridgehead atoms. The molecule has 3 aromatic rings. The van der Waals surface area contributed by atoms with E-state index in [9.17, 15) is 0 Å². The van der Waals surface area contributed by atoms with E-state index < -0.39 is 0 Å². The molecule has 5 heteroatoms. The predicted molar refractivity (Wildman–Crippen MR) is 87.6 cm³/mol. The number of pyridine rings is 1. The van der Waals surface area contributed by atoms with Crippen molar-refractivity contribution in [1.29, 1.82) is 0 Å². The van der Waals surface area contributed by atoms with Gasteiger partial charge in [0.1, 0.15) is 16.5 Å². The molecule has 0 spiro atoms. The quantitative estimate of drug-likeness (QED) is 0.675. The van der Waals surface area contributed by atoms with Crippen molar-refractivity contribution in [3.63, 3.8) is 0 Å². The van der Waals surface area contributed by atoms with Gasteiger partial charge in [0.15, 0.2) is 0 Å². The van der Waals surface area contributed by atoms with Crippen molar-refractivity contribution >= 4 is 27.4 Å². The number of hydrogen-bond acceptors (Lipinski definition) is 5. The van der Waals surface area contributed by atoms with Crippen LogP contribution in [0.4, 0.5) is 5.82 Å². The maximum absolute atomic E-state index is 4.64. The lowest BCUT2D eigenvalue weighted by molar-refractivity contribution is 0.840. The highest BCUT2D eigenvalue weighted by Crippen LogP contribution is 2.28. The maximum Gasteiger partial charge on any atom is 0.141 e. The zero-order valence-electron chi connectivity index (χ0n) is 11.9. The summed E-state index contributed by atoms with van der Waals surface area (Å²) >= 11 is 1.64. The first-order chi connectivity index (χ1) is 10.3. The molecule has 3 aromatic heterocycles. The van der Waals surface area contributed by atoms with Crippen molar-refractivity contribution in [1.82, 2.24) is 15.0 Å². The Labute approximate surface area is 127 Å². The van der Waals surface area contributed by atoms with E-state index in [1.807, 2.05) is 25.3 Å². The van der Waals surface area contributed by atoms with E-state index in [4.69, 9.17) is 0 Å². The molecule has 0 saturated carbocycles. The Morgan fingerprint density at radius 3 is 3.00 bits per heavy atom. The van der Waals surface area contributed by atoms with Crippen molar-refractivity contribution in [3.8, 4) is 0 Å². The molecule has 3 rings (SSSR count). The van der Waals surface area contributed by atoms with Crippen LogP contribution < -0.4 is 4.90 Å². The number of hydrogen-bond donors (Lipinski definition) is 0. The van der Waals surface area contributed by atoms with E-state index in [2.05, 4.69) is 43.9 Å². The van der Waals surface area contributed by atoms with Crippen LogP contribution in [-0.2, 0) is 6.54 Å². The third-order valence-corrected chi connectivity index (χ3v) is 3.97. The Kier molecular flexibility index (Phi) is 3.92. The van der Waals surface area contributed by atoms with Crippen molar-refractivity contribution in [2.24, 2.45) is 0 Å². The molecule has 0 radical (unpaired) electrons. The van der Waals surface area contributed by atoms with Gasteiger partial charge < -0.3 is 4.90 Å². The van der Waals surface area contributed by atoms with Crippen LogP contribution in [-0.4, -0.2) is 21.5 Å². The second-order valence-corrected chi connectivity index (χ2v) is 5.66. The molecule has 0 aliphatic rings. The minimum absolute atomic E-state index is 0.732. The number of aryl methyl sites for hydroxylation is 1. The second kappa shape index (κ2) is 6.01. The average Bonchev–Trinajstić information content (AvgIpc) is 2.95. The van der Waals surface area contributed by atoms with Crippen LogP contribution in [0.25, 0.3) is 10.2 Å². The summed E-state index contributed by atoms with van der Waals surface area (Å²) in [5, 5.41) is 3.15. The summed E-state index contributed by atoms with van der Waals surface area (Å²) in [4.78, 5) is 16.5. The molecular formula is C16H16N4S. The van der Waals surface area contributed by atoms with Crippen LogP contribution >= 0.6 is 11.3 Å². The van der Waals surface area contributed by atoms with Gasteiger partial charge in [0.05, 0.1) is 5.39 Å². The molecule has 21 heavy (non-hydrogen) atoms. The maximum atomic E-state index is 4.64. The van der Waals surface area contributed by atoms with Gasteiger partial charge in [-0.05, 0) is 30.0 Å². The number of rotatable bonds is 5. The molecule has 3 heterocycles. The van der Waals surface area contributed by atoms with Gasteiger partial charge in [0, 0.05) is 25.5 Å².